The number of nitrogens with one attached hydrogen (secondary N) is 2. The van der Waals surface area contributed by atoms with Crippen molar-refractivity contribution in [2.24, 2.45) is 0 Å². The maximum Gasteiger partial charge on any atom is 0.242 e. The Labute approximate surface area is 113 Å². The summed E-state index contributed by atoms with van der Waals surface area (Å²) in [5.41, 5.74) is 4.76. The van der Waals surface area contributed by atoms with E-state index in [1.165, 1.54) is 16.7 Å². The molecular formula is C15H20N2O2. The highest BCUT2D eigenvalue weighted by Crippen LogP contribution is 2.16. The molecule has 1 aromatic rings. The van der Waals surface area contributed by atoms with Crippen LogP contribution in [-0.2, 0) is 16.1 Å². The van der Waals surface area contributed by atoms with E-state index in [9.17, 15) is 9.59 Å². The van der Waals surface area contributed by atoms with E-state index in [0.29, 0.717) is 19.4 Å². The van der Waals surface area contributed by atoms with Crippen molar-refractivity contribution in [2.45, 2.75) is 46.2 Å². The van der Waals surface area contributed by atoms with Crippen molar-refractivity contribution in [3.63, 3.8) is 0 Å². The van der Waals surface area contributed by atoms with E-state index >= 15 is 0 Å². The Balaban J connectivity index is 1.99. The van der Waals surface area contributed by atoms with Gasteiger partial charge in [-0.25, -0.2) is 0 Å². The predicted octanol–water partition coefficient (Wildman–Crippen LogP) is 1.51. The van der Waals surface area contributed by atoms with Gasteiger partial charge in [0.2, 0.25) is 11.8 Å². The second-order valence-corrected chi connectivity index (χ2v) is 5.25. The van der Waals surface area contributed by atoms with Crippen LogP contribution in [0.15, 0.2) is 12.1 Å². The normalized spacial score (nSPS) is 18.3. The Morgan fingerprint density at radius 3 is 2.47 bits per heavy atom. The van der Waals surface area contributed by atoms with Crippen molar-refractivity contribution in [2.75, 3.05) is 0 Å². The molecule has 0 bridgehead atoms. The maximum atomic E-state index is 11.9. The van der Waals surface area contributed by atoms with Crippen molar-refractivity contribution in [1.29, 1.82) is 0 Å². The second-order valence-electron chi connectivity index (χ2n) is 5.25. The Morgan fingerprint density at radius 1 is 1.32 bits per heavy atom. The lowest BCUT2D eigenvalue weighted by Gasteiger charge is -2.14. The van der Waals surface area contributed by atoms with Gasteiger partial charge in [-0.3, -0.25) is 9.59 Å². The topological polar surface area (TPSA) is 58.2 Å². The van der Waals surface area contributed by atoms with E-state index in [2.05, 4.69) is 43.5 Å². The molecule has 0 aliphatic carbocycles. The highest BCUT2D eigenvalue weighted by atomic mass is 16.2. The van der Waals surface area contributed by atoms with Crippen LogP contribution in [0.25, 0.3) is 0 Å². The average Bonchev–Trinajstić information content (AvgIpc) is 2.74. The zero-order valence-electron chi connectivity index (χ0n) is 11.7. The van der Waals surface area contributed by atoms with Crippen molar-refractivity contribution in [1.82, 2.24) is 10.6 Å². The number of hydrogen-bond donors (Lipinski definition) is 2. The lowest BCUT2D eigenvalue weighted by molar-refractivity contribution is -0.125. The Hall–Kier alpha value is -1.84. The molecule has 19 heavy (non-hydrogen) atoms. The first kappa shape index (κ1) is 13.6. The fourth-order valence-corrected chi connectivity index (χ4v) is 2.60. The van der Waals surface area contributed by atoms with Gasteiger partial charge in [0.25, 0.3) is 0 Å². The number of rotatable bonds is 3. The first-order valence-electron chi connectivity index (χ1n) is 6.61. The SMILES string of the molecule is Cc1cc(C)c(CNC(=O)C2CCC(=O)N2)c(C)c1. The van der Waals surface area contributed by atoms with Gasteiger partial charge in [-0.15, -0.1) is 0 Å². The van der Waals surface area contributed by atoms with E-state index in [1.54, 1.807) is 0 Å². The van der Waals surface area contributed by atoms with Gasteiger partial charge >= 0.3 is 0 Å². The lowest BCUT2D eigenvalue weighted by Crippen LogP contribution is -2.41. The van der Waals surface area contributed by atoms with Gasteiger partial charge in [0.1, 0.15) is 6.04 Å². The molecule has 1 aliphatic rings. The summed E-state index contributed by atoms with van der Waals surface area (Å²) in [6.45, 7) is 6.69. The molecule has 0 saturated carbocycles. The number of aryl methyl sites for hydroxylation is 3. The molecule has 2 rings (SSSR count). The molecule has 4 heteroatoms. The first-order valence-corrected chi connectivity index (χ1v) is 6.61. The quantitative estimate of drug-likeness (QED) is 0.865. The number of amides is 2. The summed E-state index contributed by atoms with van der Waals surface area (Å²) in [4.78, 5) is 23.0. The van der Waals surface area contributed by atoms with Gasteiger partial charge in [0.05, 0.1) is 0 Å². The summed E-state index contributed by atoms with van der Waals surface area (Å²) in [7, 11) is 0. The minimum Gasteiger partial charge on any atom is -0.350 e. The van der Waals surface area contributed by atoms with Gasteiger partial charge < -0.3 is 10.6 Å². The third-order valence-electron chi connectivity index (χ3n) is 3.59. The Kier molecular flexibility index (Phi) is 3.88. The van der Waals surface area contributed by atoms with Crippen LogP contribution in [0.4, 0.5) is 0 Å². The molecular weight excluding hydrogens is 240 g/mol. The maximum absolute atomic E-state index is 11.9. The van der Waals surface area contributed by atoms with Crippen molar-refractivity contribution >= 4 is 11.8 Å². The zero-order valence-corrected chi connectivity index (χ0v) is 11.7. The summed E-state index contributed by atoms with van der Waals surface area (Å²) in [6.07, 6.45) is 1.04. The lowest BCUT2D eigenvalue weighted by atomic mass is 10.00. The molecule has 0 spiro atoms. The highest BCUT2D eigenvalue weighted by Gasteiger charge is 2.26. The largest absolute Gasteiger partial charge is 0.350 e. The smallest absolute Gasteiger partial charge is 0.242 e. The van der Waals surface area contributed by atoms with Crippen LogP contribution >= 0.6 is 0 Å². The van der Waals surface area contributed by atoms with Crippen LogP contribution in [0, 0.1) is 20.8 Å². The minimum atomic E-state index is -0.362. The minimum absolute atomic E-state index is 0.0390. The molecule has 1 saturated heterocycles. The summed E-state index contributed by atoms with van der Waals surface area (Å²) < 4.78 is 0. The van der Waals surface area contributed by atoms with Crippen molar-refractivity contribution < 1.29 is 9.59 Å². The fourth-order valence-electron chi connectivity index (χ4n) is 2.60. The zero-order chi connectivity index (χ0) is 14.0. The summed E-state index contributed by atoms with van der Waals surface area (Å²) in [5, 5.41) is 5.59. The number of carbonyl (C=O) groups is 2. The Bertz CT molecular complexity index is 500. The van der Waals surface area contributed by atoms with Crippen LogP contribution in [0.1, 0.15) is 35.1 Å². The van der Waals surface area contributed by atoms with Crippen molar-refractivity contribution in [3.05, 3.63) is 34.4 Å². The third kappa shape index (κ3) is 3.13. The Morgan fingerprint density at radius 2 is 1.95 bits per heavy atom. The van der Waals surface area contributed by atoms with Crippen molar-refractivity contribution in [3.8, 4) is 0 Å². The molecule has 0 radical (unpaired) electrons. The molecule has 1 unspecified atom stereocenters. The van der Waals surface area contributed by atoms with Crippen LogP contribution < -0.4 is 10.6 Å². The average molecular weight is 260 g/mol. The van der Waals surface area contributed by atoms with E-state index in [4.69, 9.17) is 0 Å². The molecule has 1 heterocycles. The van der Waals surface area contributed by atoms with Gasteiger partial charge in [-0.1, -0.05) is 17.7 Å². The predicted molar refractivity (Wildman–Crippen MR) is 73.7 cm³/mol. The first-order chi connectivity index (χ1) is 8.97. The van der Waals surface area contributed by atoms with E-state index in [1.807, 2.05) is 0 Å². The summed E-state index contributed by atoms with van der Waals surface area (Å²) in [6, 6.07) is 3.87. The van der Waals surface area contributed by atoms with Crippen LogP contribution in [0.5, 0.6) is 0 Å². The molecule has 1 aliphatic heterocycles. The van der Waals surface area contributed by atoms with E-state index in [-0.39, 0.29) is 17.9 Å². The molecule has 0 aromatic heterocycles. The summed E-state index contributed by atoms with van der Waals surface area (Å²) >= 11 is 0. The molecule has 1 atom stereocenters. The van der Waals surface area contributed by atoms with Gasteiger partial charge in [-0.05, 0) is 43.9 Å². The molecule has 1 fully saturated rings. The molecule has 1 aromatic carbocycles. The van der Waals surface area contributed by atoms with Gasteiger partial charge in [-0.2, -0.15) is 0 Å². The van der Waals surface area contributed by atoms with Crippen LogP contribution in [0.3, 0.4) is 0 Å². The monoisotopic (exact) mass is 260 g/mol. The highest BCUT2D eigenvalue weighted by molar-refractivity contribution is 5.90. The molecule has 102 valence electrons. The second kappa shape index (κ2) is 5.43. The molecule has 2 N–H and O–H groups in total. The fraction of sp³-hybridized carbons (Fsp3) is 0.467. The summed E-state index contributed by atoms with van der Waals surface area (Å²) in [5.74, 6) is -0.131. The van der Waals surface area contributed by atoms with Crippen LogP contribution in [0.2, 0.25) is 0 Å². The van der Waals surface area contributed by atoms with Gasteiger partial charge in [0.15, 0.2) is 0 Å². The number of benzene rings is 1. The number of carbonyl (C=O) groups excluding carboxylic acids is 2. The third-order valence-corrected chi connectivity index (χ3v) is 3.59. The number of hydrogen-bond acceptors (Lipinski definition) is 2. The standard InChI is InChI=1S/C15H20N2O2/c1-9-6-10(2)12(11(3)7-9)8-16-15(19)13-4-5-14(18)17-13/h6-7,13H,4-5,8H2,1-3H3,(H,16,19)(H,17,18). The van der Waals surface area contributed by atoms with E-state index in [0.717, 1.165) is 5.56 Å². The van der Waals surface area contributed by atoms with Crippen LogP contribution in [-0.4, -0.2) is 17.9 Å². The van der Waals surface area contributed by atoms with E-state index < -0.39 is 0 Å². The van der Waals surface area contributed by atoms with Gasteiger partial charge in [0, 0.05) is 13.0 Å². The molecule has 4 nitrogen and oxygen atoms in total. The molecule has 2 amide bonds.